The van der Waals surface area contributed by atoms with E-state index in [1.807, 2.05) is 18.2 Å². The van der Waals surface area contributed by atoms with E-state index in [2.05, 4.69) is 29.2 Å². The van der Waals surface area contributed by atoms with E-state index in [0.717, 1.165) is 18.6 Å². The molecular weight excluding hydrogens is 254 g/mol. The SMILES string of the molecule is O=C(CCSc1ccccc1)N1[C@H]2CC=C[C@H]1CC2. The average Bonchev–Trinajstić information content (AvgIpc) is 2.70. The number of nitrogens with zero attached hydrogens (tertiary/aromatic N) is 1. The molecule has 1 fully saturated rings. The lowest BCUT2D eigenvalue weighted by atomic mass is 10.1. The van der Waals surface area contributed by atoms with E-state index in [4.69, 9.17) is 0 Å². The number of carbonyl (C=O) groups is 1. The highest BCUT2D eigenvalue weighted by atomic mass is 32.2. The summed E-state index contributed by atoms with van der Waals surface area (Å²) in [7, 11) is 0. The van der Waals surface area contributed by atoms with Crippen molar-refractivity contribution >= 4 is 17.7 Å². The van der Waals surface area contributed by atoms with Crippen LogP contribution >= 0.6 is 11.8 Å². The fourth-order valence-electron chi connectivity index (χ4n) is 3.02. The van der Waals surface area contributed by atoms with Gasteiger partial charge in [-0.1, -0.05) is 30.4 Å². The van der Waals surface area contributed by atoms with Crippen molar-refractivity contribution in [3.8, 4) is 0 Å². The van der Waals surface area contributed by atoms with Crippen LogP contribution in [0.25, 0.3) is 0 Å². The standard InChI is InChI=1S/C16H19NOS/c18-16(11-12-19-15-7-2-1-3-8-15)17-13-5-4-6-14(17)10-9-13/h1-5,7-8,13-14H,6,9-12H2/t13-,14-/m0/s1. The maximum Gasteiger partial charge on any atom is 0.224 e. The zero-order chi connectivity index (χ0) is 13.1. The Hall–Kier alpha value is -1.22. The number of rotatable bonds is 4. The van der Waals surface area contributed by atoms with Crippen LogP contribution in [0.2, 0.25) is 0 Å². The summed E-state index contributed by atoms with van der Waals surface area (Å²) in [6.45, 7) is 0. The van der Waals surface area contributed by atoms with Gasteiger partial charge in [0.05, 0.1) is 6.04 Å². The van der Waals surface area contributed by atoms with E-state index in [0.29, 0.717) is 24.4 Å². The minimum Gasteiger partial charge on any atom is -0.333 e. The number of thioether (sulfide) groups is 1. The van der Waals surface area contributed by atoms with Gasteiger partial charge in [0.15, 0.2) is 0 Å². The second-order valence-electron chi connectivity index (χ2n) is 5.17. The molecule has 0 unspecified atom stereocenters. The van der Waals surface area contributed by atoms with Crippen LogP contribution in [0.15, 0.2) is 47.4 Å². The van der Waals surface area contributed by atoms with Crippen molar-refractivity contribution < 1.29 is 4.79 Å². The molecule has 0 aromatic heterocycles. The lowest BCUT2D eigenvalue weighted by molar-refractivity contribution is -0.133. The molecule has 0 spiro atoms. The predicted molar refractivity (Wildman–Crippen MR) is 79.2 cm³/mol. The van der Waals surface area contributed by atoms with Gasteiger partial charge in [0.2, 0.25) is 5.91 Å². The quantitative estimate of drug-likeness (QED) is 0.618. The zero-order valence-corrected chi connectivity index (χ0v) is 11.8. The molecule has 0 aliphatic carbocycles. The molecule has 3 rings (SSSR count). The molecule has 2 heterocycles. The number of carbonyl (C=O) groups excluding carboxylic acids is 1. The van der Waals surface area contributed by atoms with E-state index in [1.54, 1.807) is 11.8 Å². The van der Waals surface area contributed by atoms with Crippen molar-refractivity contribution in [1.29, 1.82) is 0 Å². The molecule has 0 N–H and O–H groups in total. The second kappa shape index (κ2) is 5.83. The lowest BCUT2D eigenvalue weighted by Gasteiger charge is -2.31. The van der Waals surface area contributed by atoms with Crippen LogP contribution in [0.4, 0.5) is 0 Å². The van der Waals surface area contributed by atoms with Gasteiger partial charge in [0, 0.05) is 23.1 Å². The van der Waals surface area contributed by atoms with Gasteiger partial charge in [-0.25, -0.2) is 0 Å². The second-order valence-corrected chi connectivity index (χ2v) is 6.34. The number of amides is 1. The first-order valence-electron chi connectivity index (χ1n) is 7.00. The van der Waals surface area contributed by atoms with Gasteiger partial charge in [-0.3, -0.25) is 4.79 Å². The summed E-state index contributed by atoms with van der Waals surface area (Å²) in [4.78, 5) is 15.7. The predicted octanol–water partition coefficient (Wildman–Crippen LogP) is 3.49. The Morgan fingerprint density at radius 2 is 2.11 bits per heavy atom. The Balaban J connectivity index is 1.51. The molecule has 1 aromatic carbocycles. The van der Waals surface area contributed by atoms with Crippen LogP contribution in [0.5, 0.6) is 0 Å². The molecular formula is C16H19NOS. The van der Waals surface area contributed by atoms with Crippen LogP contribution < -0.4 is 0 Å². The van der Waals surface area contributed by atoms with Crippen molar-refractivity contribution in [3.05, 3.63) is 42.5 Å². The summed E-state index contributed by atoms with van der Waals surface area (Å²) < 4.78 is 0. The summed E-state index contributed by atoms with van der Waals surface area (Å²) in [5, 5.41) is 0. The molecule has 1 aromatic rings. The minimum absolute atomic E-state index is 0.334. The summed E-state index contributed by atoms with van der Waals surface area (Å²) in [5.41, 5.74) is 0. The molecule has 2 aliphatic rings. The van der Waals surface area contributed by atoms with Gasteiger partial charge in [-0.2, -0.15) is 0 Å². The van der Waals surface area contributed by atoms with Gasteiger partial charge in [-0.15, -0.1) is 11.8 Å². The maximum atomic E-state index is 12.3. The van der Waals surface area contributed by atoms with Gasteiger partial charge < -0.3 is 4.90 Å². The Kier molecular flexibility index (Phi) is 3.92. The molecule has 2 atom stereocenters. The van der Waals surface area contributed by atoms with Crippen LogP contribution in [-0.2, 0) is 4.79 Å². The van der Waals surface area contributed by atoms with Gasteiger partial charge >= 0.3 is 0 Å². The Bertz CT molecular complexity index is 471. The third-order valence-corrected chi connectivity index (χ3v) is 4.94. The topological polar surface area (TPSA) is 20.3 Å². The summed E-state index contributed by atoms with van der Waals surface area (Å²) in [6, 6.07) is 11.2. The Labute approximate surface area is 118 Å². The number of fused-ring (bicyclic) bond motifs is 2. The van der Waals surface area contributed by atoms with E-state index < -0.39 is 0 Å². The normalized spacial score (nSPS) is 24.7. The summed E-state index contributed by atoms with van der Waals surface area (Å²) in [6.07, 6.45) is 8.49. The first-order valence-corrected chi connectivity index (χ1v) is 7.99. The molecule has 1 saturated heterocycles. The number of hydrogen-bond donors (Lipinski definition) is 0. The maximum absolute atomic E-state index is 12.3. The summed E-state index contributed by atoms with van der Waals surface area (Å²) in [5.74, 6) is 1.21. The third kappa shape index (κ3) is 2.86. The van der Waals surface area contributed by atoms with E-state index in [9.17, 15) is 4.79 Å². The largest absolute Gasteiger partial charge is 0.333 e. The van der Waals surface area contributed by atoms with E-state index >= 15 is 0 Å². The first kappa shape index (κ1) is 12.8. The molecule has 2 bridgehead atoms. The van der Waals surface area contributed by atoms with Crippen LogP contribution in [-0.4, -0.2) is 28.6 Å². The molecule has 2 nitrogen and oxygen atoms in total. The molecule has 2 aliphatic heterocycles. The van der Waals surface area contributed by atoms with Crippen molar-refractivity contribution in [1.82, 2.24) is 4.90 Å². The van der Waals surface area contributed by atoms with Crippen molar-refractivity contribution in [2.24, 2.45) is 0 Å². The summed E-state index contributed by atoms with van der Waals surface area (Å²) >= 11 is 1.77. The highest BCUT2D eigenvalue weighted by Crippen LogP contribution is 2.32. The van der Waals surface area contributed by atoms with Crippen LogP contribution in [0.1, 0.15) is 25.7 Å². The monoisotopic (exact) mass is 273 g/mol. The average molecular weight is 273 g/mol. The Morgan fingerprint density at radius 3 is 2.89 bits per heavy atom. The minimum atomic E-state index is 0.334. The Morgan fingerprint density at radius 1 is 1.26 bits per heavy atom. The van der Waals surface area contributed by atoms with Crippen LogP contribution in [0, 0.1) is 0 Å². The lowest BCUT2D eigenvalue weighted by Crippen LogP contribution is -2.42. The molecule has 1 amide bonds. The molecule has 19 heavy (non-hydrogen) atoms. The number of hydrogen-bond acceptors (Lipinski definition) is 2. The van der Waals surface area contributed by atoms with Crippen molar-refractivity contribution in [3.63, 3.8) is 0 Å². The number of benzene rings is 1. The third-order valence-electron chi connectivity index (χ3n) is 3.93. The van der Waals surface area contributed by atoms with Gasteiger partial charge in [0.25, 0.3) is 0 Å². The molecule has 100 valence electrons. The van der Waals surface area contributed by atoms with Crippen molar-refractivity contribution in [2.45, 2.75) is 42.7 Å². The van der Waals surface area contributed by atoms with E-state index in [-0.39, 0.29) is 0 Å². The van der Waals surface area contributed by atoms with Crippen molar-refractivity contribution in [2.75, 3.05) is 5.75 Å². The molecule has 0 radical (unpaired) electrons. The molecule has 3 heteroatoms. The highest BCUT2D eigenvalue weighted by Gasteiger charge is 2.36. The van der Waals surface area contributed by atoms with E-state index in [1.165, 1.54) is 11.3 Å². The smallest absolute Gasteiger partial charge is 0.224 e. The van der Waals surface area contributed by atoms with Gasteiger partial charge in [-0.05, 0) is 31.4 Å². The zero-order valence-electron chi connectivity index (χ0n) is 11.0. The van der Waals surface area contributed by atoms with Gasteiger partial charge in [0.1, 0.15) is 0 Å². The fraction of sp³-hybridized carbons (Fsp3) is 0.438. The first-order chi connectivity index (χ1) is 9.34. The fourth-order valence-corrected chi connectivity index (χ4v) is 3.88. The highest BCUT2D eigenvalue weighted by molar-refractivity contribution is 7.99. The van der Waals surface area contributed by atoms with Crippen LogP contribution in [0.3, 0.4) is 0 Å². The molecule has 0 saturated carbocycles.